The van der Waals surface area contributed by atoms with E-state index in [1.54, 1.807) is 6.92 Å². The zero-order valence-electron chi connectivity index (χ0n) is 7.63. The van der Waals surface area contributed by atoms with Gasteiger partial charge in [-0.05, 0) is 19.3 Å². The van der Waals surface area contributed by atoms with Crippen molar-refractivity contribution in [3.63, 3.8) is 0 Å². The van der Waals surface area contributed by atoms with Crippen LogP contribution in [0.15, 0.2) is 0 Å². The second-order valence-electron chi connectivity index (χ2n) is 3.27. The lowest BCUT2D eigenvalue weighted by Crippen LogP contribution is -2.40. The number of hydrogen-bond donors (Lipinski definition) is 0. The van der Waals surface area contributed by atoms with Crippen LogP contribution < -0.4 is 0 Å². The fraction of sp³-hybridized carbons (Fsp3) is 0.889. The van der Waals surface area contributed by atoms with E-state index in [1.165, 1.54) is 0 Å². The average Bonchev–Trinajstić information content (AvgIpc) is 2.11. The minimum absolute atomic E-state index is 0.163. The van der Waals surface area contributed by atoms with Crippen LogP contribution in [0.1, 0.15) is 32.6 Å². The number of ether oxygens (including phenoxy) is 1. The Hall–Kier alpha value is -0.670. The molecule has 0 aromatic heterocycles. The molecule has 1 aliphatic rings. The van der Waals surface area contributed by atoms with Crippen molar-refractivity contribution >= 4 is 5.97 Å². The van der Waals surface area contributed by atoms with Crippen LogP contribution >= 0.6 is 0 Å². The molecule has 13 heavy (non-hydrogen) atoms. The summed E-state index contributed by atoms with van der Waals surface area (Å²) in [6, 6.07) is 0. The van der Waals surface area contributed by atoms with E-state index in [4.69, 9.17) is 0 Å². The van der Waals surface area contributed by atoms with Crippen LogP contribution in [-0.4, -0.2) is 24.4 Å². The summed E-state index contributed by atoms with van der Waals surface area (Å²) in [6.07, 6.45) is -2.55. The van der Waals surface area contributed by atoms with Crippen molar-refractivity contribution in [3.05, 3.63) is 0 Å². The van der Waals surface area contributed by atoms with Gasteiger partial charge >= 0.3 is 5.97 Å². The Kier molecular flexibility index (Phi) is 3.63. The van der Waals surface area contributed by atoms with E-state index in [0.717, 1.165) is 0 Å². The van der Waals surface area contributed by atoms with Crippen LogP contribution in [0.2, 0.25) is 0 Å². The van der Waals surface area contributed by atoms with E-state index in [2.05, 4.69) is 4.74 Å². The predicted molar refractivity (Wildman–Crippen MR) is 43.8 cm³/mol. The summed E-state index contributed by atoms with van der Waals surface area (Å²) in [5.41, 5.74) is 0. The molecular weight excluding hydrogens is 178 g/mol. The molecule has 1 saturated carbocycles. The number of rotatable bonds is 2. The molecule has 1 fully saturated rings. The maximum atomic E-state index is 13.1. The van der Waals surface area contributed by atoms with E-state index in [1.807, 2.05) is 0 Å². The molecule has 76 valence electrons. The van der Waals surface area contributed by atoms with E-state index in [-0.39, 0.29) is 6.42 Å². The summed E-state index contributed by atoms with van der Waals surface area (Å²) in [7, 11) is 0. The lowest BCUT2D eigenvalue weighted by molar-refractivity contribution is -0.159. The first-order chi connectivity index (χ1) is 6.15. The van der Waals surface area contributed by atoms with Gasteiger partial charge in [0.2, 0.25) is 0 Å². The molecule has 0 N–H and O–H groups in total. The summed E-state index contributed by atoms with van der Waals surface area (Å²) < 4.78 is 30.8. The lowest BCUT2D eigenvalue weighted by atomic mass is 9.94. The van der Waals surface area contributed by atoms with E-state index in [0.29, 0.717) is 19.3 Å². The minimum Gasteiger partial charge on any atom is -0.456 e. The van der Waals surface area contributed by atoms with Gasteiger partial charge in [0.05, 0.1) is 0 Å². The maximum Gasteiger partial charge on any atom is 0.305 e. The summed E-state index contributed by atoms with van der Waals surface area (Å²) in [5.74, 6) is -0.530. The average molecular weight is 192 g/mol. The first-order valence-electron chi connectivity index (χ1n) is 4.62. The van der Waals surface area contributed by atoms with Gasteiger partial charge in [0.1, 0.15) is 12.3 Å². The summed E-state index contributed by atoms with van der Waals surface area (Å²) in [5, 5.41) is 0. The first-order valence-corrected chi connectivity index (χ1v) is 4.62. The van der Waals surface area contributed by atoms with Crippen molar-refractivity contribution in [2.75, 3.05) is 0 Å². The number of carbonyl (C=O) groups is 1. The zero-order chi connectivity index (χ0) is 9.84. The van der Waals surface area contributed by atoms with Crippen LogP contribution in [0, 0.1) is 0 Å². The largest absolute Gasteiger partial charge is 0.456 e. The van der Waals surface area contributed by atoms with E-state index >= 15 is 0 Å². The van der Waals surface area contributed by atoms with Crippen LogP contribution in [0.5, 0.6) is 0 Å². The molecule has 2 nitrogen and oxygen atoms in total. The van der Waals surface area contributed by atoms with Gasteiger partial charge in [-0.2, -0.15) is 0 Å². The fourth-order valence-corrected chi connectivity index (χ4v) is 1.45. The number of carbonyl (C=O) groups excluding carboxylic acids is 1. The molecule has 0 radical (unpaired) electrons. The fourth-order valence-electron chi connectivity index (χ4n) is 1.45. The monoisotopic (exact) mass is 192 g/mol. The molecular formula is C9H14F2O2. The number of hydrogen-bond acceptors (Lipinski definition) is 2. The highest BCUT2D eigenvalue weighted by atomic mass is 19.1. The van der Waals surface area contributed by atoms with Crippen molar-refractivity contribution in [3.8, 4) is 0 Å². The van der Waals surface area contributed by atoms with Gasteiger partial charge < -0.3 is 4.74 Å². The molecule has 0 saturated heterocycles. The first kappa shape index (κ1) is 10.4. The van der Waals surface area contributed by atoms with Gasteiger partial charge in [0, 0.05) is 6.42 Å². The Morgan fingerprint density at radius 3 is 2.38 bits per heavy atom. The molecule has 0 aromatic carbocycles. The molecule has 1 aliphatic carbocycles. The molecule has 0 spiro atoms. The van der Waals surface area contributed by atoms with E-state index in [9.17, 15) is 13.6 Å². The van der Waals surface area contributed by atoms with Crippen LogP contribution in [0.3, 0.4) is 0 Å². The number of esters is 1. The second-order valence-corrected chi connectivity index (χ2v) is 3.27. The van der Waals surface area contributed by atoms with Crippen LogP contribution in [0.4, 0.5) is 8.78 Å². The SMILES string of the molecule is CCC(=O)OC1C(F)CCCC1F. The van der Waals surface area contributed by atoms with Gasteiger partial charge in [-0.3, -0.25) is 4.79 Å². The summed E-state index contributed by atoms with van der Waals surface area (Å²) in [4.78, 5) is 10.8. The molecule has 2 atom stereocenters. The molecule has 0 aromatic rings. The van der Waals surface area contributed by atoms with Gasteiger partial charge in [-0.25, -0.2) is 8.78 Å². The maximum absolute atomic E-state index is 13.1. The second kappa shape index (κ2) is 4.53. The van der Waals surface area contributed by atoms with Crippen molar-refractivity contribution in [2.45, 2.75) is 51.1 Å². The standard InChI is InChI=1S/C9H14F2O2/c1-2-8(12)13-9-6(10)4-3-5-7(9)11/h6-7,9H,2-5H2,1H3. The number of halogens is 2. The Morgan fingerprint density at radius 2 is 1.92 bits per heavy atom. The molecule has 1 rings (SSSR count). The van der Waals surface area contributed by atoms with Gasteiger partial charge in [-0.1, -0.05) is 6.92 Å². The highest BCUT2D eigenvalue weighted by Crippen LogP contribution is 2.26. The third kappa shape index (κ3) is 2.64. The number of alkyl halides is 2. The summed E-state index contributed by atoms with van der Waals surface area (Å²) >= 11 is 0. The van der Waals surface area contributed by atoms with Crippen LogP contribution in [-0.2, 0) is 9.53 Å². The molecule has 4 heteroatoms. The molecule has 2 unspecified atom stereocenters. The Bertz CT molecular complexity index is 174. The quantitative estimate of drug-likeness (QED) is 0.627. The molecule has 0 aliphatic heterocycles. The smallest absolute Gasteiger partial charge is 0.305 e. The Balaban J connectivity index is 2.48. The third-order valence-corrected chi connectivity index (χ3v) is 2.23. The predicted octanol–water partition coefficient (Wildman–Crippen LogP) is 2.17. The lowest BCUT2D eigenvalue weighted by Gasteiger charge is -2.28. The topological polar surface area (TPSA) is 26.3 Å². The zero-order valence-corrected chi connectivity index (χ0v) is 7.63. The molecule has 0 heterocycles. The third-order valence-electron chi connectivity index (χ3n) is 2.23. The van der Waals surface area contributed by atoms with Crippen molar-refractivity contribution in [1.82, 2.24) is 0 Å². The summed E-state index contributed by atoms with van der Waals surface area (Å²) in [6.45, 7) is 1.60. The highest BCUT2D eigenvalue weighted by Gasteiger charge is 2.36. The van der Waals surface area contributed by atoms with Gasteiger partial charge in [0.25, 0.3) is 0 Å². The van der Waals surface area contributed by atoms with Gasteiger partial charge in [-0.15, -0.1) is 0 Å². The highest BCUT2D eigenvalue weighted by molar-refractivity contribution is 5.69. The minimum atomic E-state index is -1.33. The molecule has 0 bridgehead atoms. The van der Waals surface area contributed by atoms with Gasteiger partial charge in [0.15, 0.2) is 6.10 Å². The van der Waals surface area contributed by atoms with Crippen molar-refractivity contribution in [1.29, 1.82) is 0 Å². The van der Waals surface area contributed by atoms with Crippen LogP contribution in [0.25, 0.3) is 0 Å². The Labute approximate surface area is 76.3 Å². The van der Waals surface area contributed by atoms with E-state index < -0.39 is 24.4 Å². The molecule has 0 amide bonds. The van der Waals surface area contributed by atoms with Crippen molar-refractivity contribution < 1.29 is 18.3 Å². The normalized spacial score (nSPS) is 34.2. The Morgan fingerprint density at radius 1 is 1.38 bits per heavy atom. The van der Waals surface area contributed by atoms with Crippen molar-refractivity contribution in [2.24, 2.45) is 0 Å².